The van der Waals surface area contributed by atoms with Gasteiger partial charge in [0.15, 0.2) is 10.4 Å². The summed E-state index contributed by atoms with van der Waals surface area (Å²) in [5, 5.41) is 8.83. The van der Waals surface area contributed by atoms with Crippen LogP contribution < -0.4 is 5.73 Å². The number of hydrogen-bond donors (Lipinski definition) is 1. The molecule has 0 spiro atoms. The molecule has 2 N–H and O–H groups in total. The molecule has 86 valence electrons. The Kier molecular flexibility index (Phi) is 3.50. The average Bonchev–Trinajstić information content (AvgIpc) is 2.56. The van der Waals surface area contributed by atoms with Crippen LogP contribution in [0.2, 0.25) is 0 Å². The van der Waals surface area contributed by atoms with E-state index >= 15 is 0 Å². The molecule has 0 saturated carbocycles. The van der Waals surface area contributed by atoms with Gasteiger partial charge >= 0.3 is 0 Å². The van der Waals surface area contributed by atoms with Crippen LogP contribution in [0.1, 0.15) is 11.3 Å². The molecule has 0 aliphatic rings. The number of aromatic nitrogens is 2. The molecule has 0 saturated heterocycles. The number of nitriles is 1. The lowest BCUT2D eigenvalue weighted by molar-refractivity contribution is 0.784. The number of nitrogen functional groups attached to an aromatic ring is 1. The molecule has 0 amide bonds. The van der Waals surface area contributed by atoms with Crippen molar-refractivity contribution in [1.82, 2.24) is 9.55 Å². The number of anilines is 1. The van der Waals surface area contributed by atoms with E-state index in [9.17, 15) is 0 Å². The molecule has 17 heavy (non-hydrogen) atoms. The van der Waals surface area contributed by atoms with Gasteiger partial charge in [-0.2, -0.15) is 5.26 Å². The van der Waals surface area contributed by atoms with Crippen LogP contribution in [-0.4, -0.2) is 9.55 Å². The maximum absolute atomic E-state index is 8.83. The van der Waals surface area contributed by atoms with E-state index in [4.69, 9.17) is 11.0 Å². The third-order valence-electron chi connectivity index (χ3n) is 2.30. The zero-order valence-corrected chi connectivity index (χ0v) is 11.9. The molecule has 6 heteroatoms. The lowest BCUT2D eigenvalue weighted by Crippen LogP contribution is -2.05. The lowest BCUT2D eigenvalue weighted by Gasteiger charge is -2.06. The van der Waals surface area contributed by atoms with Gasteiger partial charge in [-0.25, -0.2) is 4.98 Å². The molecule has 4 nitrogen and oxygen atoms in total. The monoisotopic (exact) mass is 354 g/mol. The van der Waals surface area contributed by atoms with E-state index in [1.165, 1.54) is 0 Å². The SMILES string of the molecule is N#Cc1nc(Br)n(Cc2cccc(Br)c2)c1N. The zero-order chi connectivity index (χ0) is 12.4. The first-order chi connectivity index (χ1) is 8.11. The highest BCUT2D eigenvalue weighted by Crippen LogP contribution is 2.21. The van der Waals surface area contributed by atoms with Crippen LogP contribution >= 0.6 is 31.9 Å². The minimum Gasteiger partial charge on any atom is -0.383 e. The Morgan fingerprint density at radius 3 is 2.76 bits per heavy atom. The summed E-state index contributed by atoms with van der Waals surface area (Å²) in [6.07, 6.45) is 0. The predicted octanol–water partition coefficient (Wildman–Crippen LogP) is 2.91. The van der Waals surface area contributed by atoms with Crippen molar-refractivity contribution in [3.05, 3.63) is 44.7 Å². The van der Waals surface area contributed by atoms with Gasteiger partial charge in [0, 0.05) is 4.47 Å². The van der Waals surface area contributed by atoms with Gasteiger partial charge in [0.2, 0.25) is 0 Å². The Labute approximate surface area is 115 Å². The Balaban J connectivity index is 2.37. The van der Waals surface area contributed by atoms with Gasteiger partial charge in [-0.3, -0.25) is 0 Å². The molecule has 1 aromatic heterocycles. The molecule has 0 bridgehead atoms. The fraction of sp³-hybridized carbons (Fsp3) is 0.0909. The summed E-state index contributed by atoms with van der Waals surface area (Å²) in [7, 11) is 0. The highest BCUT2D eigenvalue weighted by Gasteiger charge is 2.12. The summed E-state index contributed by atoms with van der Waals surface area (Å²) in [5.41, 5.74) is 7.16. The molecular formula is C11H8Br2N4. The summed E-state index contributed by atoms with van der Waals surface area (Å²) in [5.74, 6) is 0.374. The number of nitrogens with zero attached hydrogens (tertiary/aromatic N) is 3. The number of halogens is 2. The molecule has 2 aromatic rings. The predicted molar refractivity (Wildman–Crippen MR) is 72.3 cm³/mol. The molecule has 2 rings (SSSR count). The van der Waals surface area contributed by atoms with Crippen molar-refractivity contribution in [3.63, 3.8) is 0 Å². The topological polar surface area (TPSA) is 67.6 Å². The molecule has 0 atom stereocenters. The smallest absolute Gasteiger partial charge is 0.183 e. The Morgan fingerprint density at radius 1 is 1.41 bits per heavy atom. The standard InChI is InChI=1S/C11H8Br2N4/c12-8-3-1-2-7(4-8)6-17-10(15)9(5-14)16-11(17)13/h1-4H,6,15H2. The van der Waals surface area contributed by atoms with Crippen molar-refractivity contribution in [2.45, 2.75) is 6.54 Å². The second-order valence-electron chi connectivity index (χ2n) is 3.44. The van der Waals surface area contributed by atoms with Gasteiger partial charge in [0.25, 0.3) is 0 Å². The minimum absolute atomic E-state index is 0.242. The maximum atomic E-state index is 8.83. The molecular weight excluding hydrogens is 348 g/mol. The Hall–Kier alpha value is -1.32. The molecule has 0 aliphatic carbocycles. The molecule has 1 aromatic carbocycles. The number of nitrogens with two attached hydrogens (primary N) is 1. The third kappa shape index (κ3) is 2.51. The number of rotatable bonds is 2. The molecule has 0 aliphatic heterocycles. The van der Waals surface area contributed by atoms with E-state index in [1.807, 2.05) is 30.3 Å². The van der Waals surface area contributed by atoms with Gasteiger partial charge in [-0.15, -0.1) is 0 Å². The van der Waals surface area contributed by atoms with E-state index in [1.54, 1.807) is 4.57 Å². The number of hydrogen-bond acceptors (Lipinski definition) is 3. The van der Waals surface area contributed by atoms with Crippen LogP contribution in [0.4, 0.5) is 5.82 Å². The fourth-order valence-corrected chi connectivity index (χ4v) is 2.43. The van der Waals surface area contributed by atoms with Gasteiger partial charge in [0.1, 0.15) is 11.9 Å². The lowest BCUT2D eigenvalue weighted by atomic mass is 10.2. The van der Waals surface area contributed by atoms with Crippen LogP contribution in [0.15, 0.2) is 33.5 Å². The number of benzene rings is 1. The maximum Gasteiger partial charge on any atom is 0.183 e. The van der Waals surface area contributed by atoms with E-state index < -0.39 is 0 Å². The molecule has 1 heterocycles. The first-order valence-electron chi connectivity index (χ1n) is 4.78. The van der Waals surface area contributed by atoms with Gasteiger partial charge in [-0.05, 0) is 33.6 Å². The molecule has 0 unspecified atom stereocenters. The minimum atomic E-state index is 0.242. The van der Waals surface area contributed by atoms with Crippen LogP contribution in [-0.2, 0) is 6.54 Å². The van der Waals surface area contributed by atoms with E-state index in [0.29, 0.717) is 17.1 Å². The van der Waals surface area contributed by atoms with E-state index in [-0.39, 0.29) is 5.69 Å². The highest BCUT2D eigenvalue weighted by atomic mass is 79.9. The van der Waals surface area contributed by atoms with Crippen molar-refractivity contribution in [3.8, 4) is 6.07 Å². The van der Waals surface area contributed by atoms with Crippen molar-refractivity contribution < 1.29 is 0 Å². The third-order valence-corrected chi connectivity index (χ3v) is 3.39. The normalized spacial score (nSPS) is 10.2. The quantitative estimate of drug-likeness (QED) is 0.900. The Bertz CT molecular complexity index is 598. The van der Waals surface area contributed by atoms with Crippen molar-refractivity contribution in [1.29, 1.82) is 5.26 Å². The molecule has 0 radical (unpaired) electrons. The van der Waals surface area contributed by atoms with Crippen LogP contribution in [0.25, 0.3) is 0 Å². The highest BCUT2D eigenvalue weighted by molar-refractivity contribution is 9.10. The largest absolute Gasteiger partial charge is 0.383 e. The first-order valence-corrected chi connectivity index (χ1v) is 6.36. The Morgan fingerprint density at radius 2 is 2.18 bits per heavy atom. The van der Waals surface area contributed by atoms with Crippen LogP contribution in [0.5, 0.6) is 0 Å². The first kappa shape index (κ1) is 12.1. The zero-order valence-electron chi connectivity index (χ0n) is 8.69. The van der Waals surface area contributed by atoms with Crippen molar-refractivity contribution >= 4 is 37.7 Å². The molecule has 0 fully saturated rings. The van der Waals surface area contributed by atoms with Crippen molar-refractivity contribution in [2.75, 3.05) is 5.73 Å². The van der Waals surface area contributed by atoms with Crippen LogP contribution in [0.3, 0.4) is 0 Å². The van der Waals surface area contributed by atoms with Gasteiger partial charge in [-0.1, -0.05) is 28.1 Å². The van der Waals surface area contributed by atoms with Gasteiger partial charge < -0.3 is 10.3 Å². The van der Waals surface area contributed by atoms with E-state index in [0.717, 1.165) is 10.0 Å². The summed E-state index contributed by atoms with van der Waals surface area (Å²) in [4.78, 5) is 4.03. The second-order valence-corrected chi connectivity index (χ2v) is 5.07. The fourth-order valence-electron chi connectivity index (χ4n) is 1.49. The van der Waals surface area contributed by atoms with Crippen molar-refractivity contribution in [2.24, 2.45) is 0 Å². The summed E-state index contributed by atoms with van der Waals surface area (Å²) < 4.78 is 3.32. The van der Waals surface area contributed by atoms with E-state index in [2.05, 4.69) is 36.8 Å². The number of imidazole rings is 1. The van der Waals surface area contributed by atoms with Gasteiger partial charge in [0.05, 0.1) is 6.54 Å². The second kappa shape index (κ2) is 4.90. The summed E-state index contributed by atoms with van der Waals surface area (Å²) >= 11 is 6.70. The summed E-state index contributed by atoms with van der Waals surface area (Å²) in [6, 6.07) is 9.85. The average molecular weight is 356 g/mol. The summed E-state index contributed by atoms with van der Waals surface area (Å²) in [6.45, 7) is 0.570. The van der Waals surface area contributed by atoms with Crippen LogP contribution in [0, 0.1) is 11.3 Å².